The second-order valence-electron chi connectivity index (χ2n) is 8.75. The predicted molar refractivity (Wildman–Crippen MR) is 125 cm³/mol. The molecule has 2 aromatic heterocycles. The molecule has 1 amide bonds. The van der Waals surface area contributed by atoms with Crippen molar-refractivity contribution in [3.05, 3.63) is 69.7 Å². The van der Waals surface area contributed by atoms with E-state index in [-0.39, 0.29) is 17.8 Å². The van der Waals surface area contributed by atoms with Crippen molar-refractivity contribution >= 4 is 33.7 Å². The number of nitrogens with one attached hydrogen (secondary N) is 2. The van der Waals surface area contributed by atoms with Crippen LogP contribution in [0, 0.1) is 0 Å². The third-order valence-corrected chi connectivity index (χ3v) is 6.40. The van der Waals surface area contributed by atoms with Gasteiger partial charge in [-0.2, -0.15) is 0 Å². The van der Waals surface area contributed by atoms with Gasteiger partial charge in [0.2, 0.25) is 0 Å². The predicted octanol–water partition coefficient (Wildman–Crippen LogP) is 1.71. The van der Waals surface area contributed by atoms with Gasteiger partial charge >= 0.3 is 5.63 Å². The number of carboxylic acid groups (broad SMARTS) is 1. The summed E-state index contributed by atoms with van der Waals surface area (Å²) < 4.78 is 11.2. The van der Waals surface area contributed by atoms with Crippen LogP contribution in [0.2, 0.25) is 0 Å². The molecule has 0 saturated heterocycles. The summed E-state index contributed by atoms with van der Waals surface area (Å²) in [6, 6.07) is 8.47. The fraction of sp³-hybridized carbons (Fsp3) is 0.269. The number of benzene rings is 2. The SMILES string of the molecule is C[C@H](Oc1ccc2c3c(c(=O)oc2c1)CCC3)C(=O)N[C@H](Cc1c[nH]c2ccc(O)cc12)C(=O)[O-]. The Balaban J connectivity index is 1.30. The zero-order valence-electron chi connectivity index (χ0n) is 18.9. The Hall–Kier alpha value is -4.27. The van der Waals surface area contributed by atoms with Crippen LogP contribution in [0.15, 0.2) is 51.8 Å². The quantitative estimate of drug-likeness (QED) is 0.345. The number of aromatic amines is 1. The van der Waals surface area contributed by atoms with Gasteiger partial charge in [0, 0.05) is 40.5 Å². The van der Waals surface area contributed by atoms with E-state index in [1.54, 1.807) is 30.5 Å². The molecule has 0 radical (unpaired) electrons. The van der Waals surface area contributed by atoms with Crippen molar-refractivity contribution in [1.82, 2.24) is 10.3 Å². The molecule has 0 unspecified atom stereocenters. The number of carboxylic acids is 1. The molecule has 9 nitrogen and oxygen atoms in total. The minimum Gasteiger partial charge on any atom is -0.548 e. The van der Waals surface area contributed by atoms with Crippen molar-refractivity contribution in [3.8, 4) is 11.5 Å². The number of aromatic hydroxyl groups is 1. The molecule has 0 bridgehead atoms. The normalized spacial score (nSPS) is 14.5. The van der Waals surface area contributed by atoms with Crippen LogP contribution >= 0.6 is 0 Å². The average Bonchev–Trinajstić information content (AvgIpc) is 3.46. The molecule has 9 heteroatoms. The van der Waals surface area contributed by atoms with Gasteiger partial charge in [-0.05, 0) is 67.6 Å². The van der Waals surface area contributed by atoms with Crippen molar-refractivity contribution < 1.29 is 29.0 Å². The second-order valence-corrected chi connectivity index (χ2v) is 8.75. The third kappa shape index (κ3) is 4.32. The Labute approximate surface area is 199 Å². The summed E-state index contributed by atoms with van der Waals surface area (Å²) in [5.41, 5.74) is 3.09. The van der Waals surface area contributed by atoms with Gasteiger partial charge < -0.3 is 34.5 Å². The lowest BCUT2D eigenvalue weighted by atomic mass is 10.0. The molecule has 0 spiro atoms. The molecule has 0 aliphatic heterocycles. The number of carbonyl (C=O) groups is 2. The molecule has 3 N–H and O–H groups in total. The first-order valence-electron chi connectivity index (χ1n) is 11.4. The maximum Gasteiger partial charge on any atom is 0.339 e. The monoisotopic (exact) mass is 475 g/mol. The third-order valence-electron chi connectivity index (χ3n) is 6.40. The topological polar surface area (TPSA) is 145 Å². The van der Waals surface area contributed by atoms with Crippen molar-refractivity contribution in [1.29, 1.82) is 0 Å². The summed E-state index contributed by atoms with van der Waals surface area (Å²) >= 11 is 0. The number of hydrogen-bond donors (Lipinski definition) is 3. The van der Waals surface area contributed by atoms with Crippen molar-refractivity contribution in [2.45, 2.75) is 44.8 Å². The molecule has 1 aliphatic rings. The summed E-state index contributed by atoms with van der Waals surface area (Å²) in [6.45, 7) is 1.49. The summed E-state index contributed by atoms with van der Waals surface area (Å²) in [5, 5.41) is 25.5. The average molecular weight is 475 g/mol. The Bertz CT molecular complexity index is 1520. The summed E-state index contributed by atoms with van der Waals surface area (Å²) in [5.74, 6) is -1.72. The van der Waals surface area contributed by atoms with Gasteiger partial charge in [-0.3, -0.25) is 4.79 Å². The lowest BCUT2D eigenvalue weighted by Crippen LogP contribution is -2.52. The number of rotatable bonds is 7. The highest BCUT2D eigenvalue weighted by Gasteiger charge is 2.23. The molecule has 0 fully saturated rings. The molecule has 0 saturated carbocycles. The largest absolute Gasteiger partial charge is 0.548 e. The number of hydrogen-bond acceptors (Lipinski definition) is 7. The molecular formula is C26H23N2O7-. The standard InChI is InChI=1S/C26H24N2O7/c1-13(34-16-6-7-18-17-3-2-4-19(17)26(33)35-23(18)11-16)24(30)28-22(25(31)32)9-14-12-27-21-8-5-15(29)10-20(14)21/h5-8,10-13,22,27,29H,2-4,9H2,1H3,(H,28,30)(H,31,32)/p-1/t13-,22+/m0/s1. The number of H-pyrrole nitrogens is 1. The Morgan fingerprint density at radius 3 is 2.77 bits per heavy atom. The van der Waals surface area contributed by atoms with E-state index < -0.39 is 24.0 Å². The molecule has 4 aromatic rings. The molecule has 2 aromatic carbocycles. The molecule has 180 valence electrons. The summed E-state index contributed by atoms with van der Waals surface area (Å²) in [4.78, 5) is 39.7. The first-order chi connectivity index (χ1) is 16.8. The van der Waals surface area contributed by atoms with Gasteiger partial charge in [-0.15, -0.1) is 0 Å². The number of amides is 1. The molecule has 2 heterocycles. The van der Waals surface area contributed by atoms with E-state index in [0.717, 1.165) is 34.9 Å². The Kier molecular flexibility index (Phi) is 5.68. The van der Waals surface area contributed by atoms with E-state index in [0.29, 0.717) is 28.7 Å². The number of ether oxygens (including phenoxy) is 1. The van der Waals surface area contributed by atoms with Gasteiger partial charge in [-0.25, -0.2) is 4.79 Å². The highest BCUT2D eigenvalue weighted by atomic mass is 16.5. The van der Waals surface area contributed by atoms with Crippen molar-refractivity contribution in [2.24, 2.45) is 0 Å². The van der Waals surface area contributed by atoms with E-state index in [4.69, 9.17) is 9.15 Å². The van der Waals surface area contributed by atoms with Crippen LogP contribution in [0.3, 0.4) is 0 Å². The van der Waals surface area contributed by atoms with E-state index >= 15 is 0 Å². The van der Waals surface area contributed by atoms with Gasteiger partial charge in [0.05, 0.1) is 12.0 Å². The number of phenolic OH excluding ortho intramolecular Hbond substituents is 1. The van der Waals surface area contributed by atoms with E-state index in [1.807, 2.05) is 0 Å². The van der Waals surface area contributed by atoms with Crippen LogP contribution in [-0.4, -0.2) is 34.1 Å². The summed E-state index contributed by atoms with van der Waals surface area (Å²) in [6.07, 6.45) is 3.00. The minimum atomic E-state index is -1.44. The highest BCUT2D eigenvalue weighted by molar-refractivity contribution is 5.88. The van der Waals surface area contributed by atoms with E-state index in [1.165, 1.54) is 19.1 Å². The van der Waals surface area contributed by atoms with Crippen LogP contribution in [0.5, 0.6) is 11.5 Å². The zero-order chi connectivity index (χ0) is 24.7. The smallest absolute Gasteiger partial charge is 0.339 e. The van der Waals surface area contributed by atoms with Gasteiger partial charge in [0.15, 0.2) is 6.10 Å². The van der Waals surface area contributed by atoms with Gasteiger partial charge in [0.25, 0.3) is 5.91 Å². The van der Waals surface area contributed by atoms with Gasteiger partial charge in [-0.1, -0.05) is 0 Å². The molecule has 5 rings (SSSR count). The van der Waals surface area contributed by atoms with Crippen LogP contribution < -0.4 is 20.8 Å². The maximum absolute atomic E-state index is 12.7. The van der Waals surface area contributed by atoms with Crippen LogP contribution in [0.25, 0.3) is 21.9 Å². The molecule has 2 atom stereocenters. The number of aryl methyl sites for hydroxylation is 1. The number of fused-ring (bicyclic) bond motifs is 4. The van der Waals surface area contributed by atoms with Crippen LogP contribution in [0.4, 0.5) is 0 Å². The lowest BCUT2D eigenvalue weighted by molar-refractivity contribution is -0.308. The first kappa shape index (κ1) is 22.5. The Morgan fingerprint density at radius 1 is 1.17 bits per heavy atom. The van der Waals surface area contributed by atoms with Crippen molar-refractivity contribution in [3.63, 3.8) is 0 Å². The number of aliphatic carboxylic acids is 1. The number of phenols is 1. The Morgan fingerprint density at radius 2 is 1.97 bits per heavy atom. The number of carbonyl (C=O) groups excluding carboxylic acids is 2. The zero-order valence-corrected chi connectivity index (χ0v) is 18.9. The second kappa shape index (κ2) is 8.83. The summed E-state index contributed by atoms with van der Waals surface area (Å²) in [7, 11) is 0. The van der Waals surface area contributed by atoms with Crippen LogP contribution in [-0.2, 0) is 28.9 Å². The first-order valence-corrected chi connectivity index (χ1v) is 11.4. The fourth-order valence-corrected chi connectivity index (χ4v) is 4.63. The van der Waals surface area contributed by atoms with Gasteiger partial charge in [0.1, 0.15) is 17.1 Å². The highest BCUT2D eigenvalue weighted by Crippen LogP contribution is 2.30. The molecule has 1 aliphatic carbocycles. The molecular weight excluding hydrogens is 452 g/mol. The van der Waals surface area contributed by atoms with E-state index in [2.05, 4.69) is 10.3 Å². The van der Waals surface area contributed by atoms with Crippen LogP contribution in [0.1, 0.15) is 30.0 Å². The van der Waals surface area contributed by atoms with Crippen molar-refractivity contribution in [2.75, 3.05) is 0 Å². The minimum absolute atomic E-state index is 0.0452. The maximum atomic E-state index is 12.7. The van der Waals surface area contributed by atoms with E-state index in [9.17, 15) is 24.6 Å². The number of aromatic nitrogens is 1. The molecule has 35 heavy (non-hydrogen) atoms. The fourth-order valence-electron chi connectivity index (χ4n) is 4.63. The lowest BCUT2D eigenvalue weighted by Gasteiger charge is -2.22.